The summed E-state index contributed by atoms with van der Waals surface area (Å²) in [6, 6.07) is 7.14. The first-order chi connectivity index (χ1) is 17.8. The van der Waals surface area contributed by atoms with E-state index in [0.717, 1.165) is 56.2 Å². The molecular formula is C25H26F3N9. The van der Waals surface area contributed by atoms with E-state index in [2.05, 4.69) is 53.5 Å². The molecule has 3 aromatic heterocycles. The van der Waals surface area contributed by atoms with E-state index < -0.39 is 11.7 Å². The number of aliphatic imine (C=N–C) groups is 1. The van der Waals surface area contributed by atoms with Crippen molar-refractivity contribution < 1.29 is 13.2 Å². The standard InChI is InChI=1S/C25H26F3N9/c1-36-5-2-6-37(8-7-36)21-4-3-16(11-30-21)12-33-24-34-13-17(10-29)22(35-24)20-15-32-23-19(20)9-18(14-31-23)25(26,27)28/h3-4,9,11,14-15H,2,5-8,12-13H2,1H3,(H,31,32)(H2,33,34,35). The number of anilines is 1. The van der Waals surface area contributed by atoms with Crippen molar-refractivity contribution in [2.24, 2.45) is 4.99 Å². The van der Waals surface area contributed by atoms with E-state index in [1.165, 1.54) is 6.20 Å². The lowest BCUT2D eigenvalue weighted by atomic mass is 10.1. The molecule has 0 amide bonds. The van der Waals surface area contributed by atoms with Crippen molar-refractivity contribution >= 4 is 28.5 Å². The number of hydrogen-bond donors (Lipinski definition) is 3. The summed E-state index contributed by atoms with van der Waals surface area (Å²) in [7, 11) is 2.13. The molecule has 0 unspecified atom stereocenters. The van der Waals surface area contributed by atoms with Crippen molar-refractivity contribution in [1.82, 2.24) is 30.5 Å². The third-order valence-corrected chi connectivity index (χ3v) is 6.50. The molecule has 3 N–H and O–H groups in total. The van der Waals surface area contributed by atoms with Gasteiger partial charge in [0, 0.05) is 55.7 Å². The number of guanidine groups is 1. The summed E-state index contributed by atoms with van der Waals surface area (Å²) in [6.45, 7) is 4.62. The minimum absolute atomic E-state index is 0.192. The van der Waals surface area contributed by atoms with Gasteiger partial charge in [0.2, 0.25) is 0 Å². The quantitative estimate of drug-likeness (QED) is 0.496. The Bertz CT molecular complexity index is 1380. The van der Waals surface area contributed by atoms with Crippen LogP contribution in [0.2, 0.25) is 0 Å². The van der Waals surface area contributed by atoms with Crippen LogP contribution in [0.1, 0.15) is 23.1 Å². The first kappa shape index (κ1) is 24.6. The Labute approximate surface area is 211 Å². The van der Waals surface area contributed by atoms with Crippen LogP contribution in [0.25, 0.3) is 16.7 Å². The van der Waals surface area contributed by atoms with E-state index in [-0.39, 0.29) is 11.9 Å². The maximum atomic E-state index is 13.3. The zero-order valence-electron chi connectivity index (χ0n) is 20.2. The number of likely N-dealkylation sites (N-methyl/N-ethyl adjacent to an activating group) is 1. The molecule has 1 saturated heterocycles. The third-order valence-electron chi connectivity index (χ3n) is 6.50. The Balaban J connectivity index is 1.33. The van der Waals surface area contributed by atoms with E-state index in [9.17, 15) is 18.4 Å². The van der Waals surface area contributed by atoms with E-state index in [4.69, 9.17) is 0 Å². The Morgan fingerprint density at radius 3 is 2.76 bits per heavy atom. The number of nitriles is 1. The van der Waals surface area contributed by atoms with Gasteiger partial charge < -0.3 is 25.4 Å². The van der Waals surface area contributed by atoms with Crippen LogP contribution in [0.15, 0.2) is 47.4 Å². The number of nitrogens with one attached hydrogen (secondary N) is 3. The Hall–Kier alpha value is -4.11. The molecule has 0 bridgehead atoms. The second-order valence-electron chi connectivity index (χ2n) is 9.10. The van der Waals surface area contributed by atoms with Crippen LogP contribution in [-0.4, -0.2) is 65.6 Å². The summed E-state index contributed by atoms with van der Waals surface area (Å²) in [5.74, 6) is 1.37. The molecule has 37 heavy (non-hydrogen) atoms. The molecule has 3 aromatic rings. The smallest absolute Gasteiger partial charge is 0.355 e. The van der Waals surface area contributed by atoms with Crippen LogP contribution < -0.4 is 15.5 Å². The van der Waals surface area contributed by atoms with Crippen LogP contribution in [0.5, 0.6) is 0 Å². The first-order valence-corrected chi connectivity index (χ1v) is 11.9. The molecule has 0 radical (unpaired) electrons. The highest BCUT2D eigenvalue weighted by molar-refractivity contribution is 5.97. The summed E-state index contributed by atoms with van der Waals surface area (Å²) in [5, 5.41) is 16.1. The van der Waals surface area contributed by atoms with Crippen molar-refractivity contribution in [2.45, 2.75) is 19.1 Å². The zero-order valence-corrected chi connectivity index (χ0v) is 20.2. The lowest BCUT2D eigenvalue weighted by Crippen LogP contribution is -2.40. The molecule has 0 saturated carbocycles. The van der Waals surface area contributed by atoms with Crippen LogP contribution in [0, 0.1) is 11.3 Å². The van der Waals surface area contributed by atoms with E-state index in [0.29, 0.717) is 35.0 Å². The van der Waals surface area contributed by atoms with E-state index in [1.54, 1.807) is 0 Å². The number of halogens is 3. The van der Waals surface area contributed by atoms with Crippen LogP contribution >= 0.6 is 0 Å². The van der Waals surface area contributed by atoms with Crippen molar-refractivity contribution in [3.8, 4) is 6.07 Å². The molecule has 192 valence electrons. The Morgan fingerprint density at radius 2 is 2.00 bits per heavy atom. The van der Waals surface area contributed by atoms with Gasteiger partial charge >= 0.3 is 6.18 Å². The van der Waals surface area contributed by atoms with Crippen molar-refractivity contribution in [1.29, 1.82) is 5.26 Å². The first-order valence-electron chi connectivity index (χ1n) is 11.9. The summed E-state index contributed by atoms with van der Waals surface area (Å²) < 4.78 is 39.8. The predicted octanol–water partition coefficient (Wildman–Crippen LogP) is 3.10. The Morgan fingerprint density at radius 1 is 1.14 bits per heavy atom. The SMILES string of the molecule is CN1CCCN(c2ccc(CNC3=NC(c4c[nH]c5ncc(C(F)(F)F)cc45)=C(C#N)CN3)cn2)CC1. The highest BCUT2D eigenvalue weighted by atomic mass is 19.4. The molecule has 12 heteroatoms. The molecule has 9 nitrogen and oxygen atoms in total. The summed E-state index contributed by atoms with van der Waals surface area (Å²) >= 11 is 0. The van der Waals surface area contributed by atoms with Gasteiger partial charge in [-0.15, -0.1) is 0 Å². The highest BCUT2D eigenvalue weighted by Gasteiger charge is 2.32. The molecule has 5 heterocycles. The van der Waals surface area contributed by atoms with Crippen LogP contribution in [0.3, 0.4) is 0 Å². The third kappa shape index (κ3) is 5.36. The fourth-order valence-electron chi connectivity index (χ4n) is 4.42. The number of alkyl halides is 3. The average molecular weight is 510 g/mol. The zero-order chi connectivity index (χ0) is 26.0. The van der Waals surface area contributed by atoms with Gasteiger partial charge in [0.05, 0.1) is 29.4 Å². The fourth-order valence-corrected chi connectivity index (χ4v) is 4.42. The fraction of sp³-hybridized carbons (Fsp3) is 0.360. The predicted molar refractivity (Wildman–Crippen MR) is 134 cm³/mol. The average Bonchev–Trinajstić information content (AvgIpc) is 3.20. The number of nitrogens with zero attached hydrogens (tertiary/aromatic N) is 6. The van der Waals surface area contributed by atoms with E-state index in [1.807, 2.05) is 18.3 Å². The summed E-state index contributed by atoms with van der Waals surface area (Å²) in [6.07, 6.45) is 0.699. The van der Waals surface area contributed by atoms with Gasteiger partial charge in [0.25, 0.3) is 0 Å². The maximum Gasteiger partial charge on any atom is 0.417 e. The molecule has 0 aromatic carbocycles. The topological polar surface area (TPSA) is 108 Å². The lowest BCUT2D eigenvalue weighted by Gasteiger charge is -2.22. The number of rotatable bonds is 4. The molecule has 2 aliphatic rings. The largest absolute Gasteiger partial charge is 0.417 e. The van der Waals surface area contributed by atoms with E-state index >= 15 is 0 Å². The molecule has 0 spiro atoms. The summed E-state index contributed by atoms with van der Waals surface area (Å²) in [5.41, 5.74) is 1.38. The van der Waals surface area contributed by atoms with Crippen LogP contribution in [0.4, 0.5) is 19.0 Å². The molecule has 1 fully saturated rings. The number of aromatic amines is 1. The van der Waals surface area contributed by atoms with Gasteiger partial charge in [-0.2, -0.15) is 18.4 Å². The normalized spacial score (nSPS) is 17.3. The highest BCUT2D eigenvalue weighted by Crippen LogP contribution is 2.34. The van der Waals surface area contributed by atoms with Gasteiger partial charge in [-0.05, 0) is 37.7 Å². The second kappa shape index (κ2) is 10.1. The van der Waals surface area contributed by atoms with Crippen molar-refractivity contribution in [3.05, 3.63) is 59.1 Å². The van der Waals surface area contributed by atoms with Gasteiger partial charge in [-0.25, -0.2) is 15.0 Å². The second-order valence-corrected chi connectivity index (χ2v) is 9.10. The number of aromatic nitrogens is 3. The monoisotopic (exact) mass is 509 g/mol. The van der Waals surface area contributed by atoms with Crippen molar-refractivity contribution in [2.75, 3.05) is 44.7 Å². The number of fused-ring (bicyclic) bond motifs is 1. The van der Waals surface area contributed by atoms with Gasteiger partial charge in [0.1, 0.15) is 11.5 Å². The summed E-state index contributed by atoms with van der Waals surface area (Å²) in [4.78, 5) is 20.5. The minimum atomic E-state index is -4.53. The van der Waals surface area contributed by atoms with Crippen molar-refractivity contribution in [3.63, 3.8) is 0 Å². The maximum absolute atomic E-state index is 13.3. The van der Waals surface area contributed by atoms with Gasteiger partial charge in [-0.3, -0.25) is 0 Å². The molecule has 2 aliphatic heterocycles. The molecule has 0 aliphatic carbocycles. The number of pyridine rings is 2. The van der Waals surface area contributed by atoms with Crippen LogP contribution in [-0.2, 0) is 12.7 Å². The lowest BCUT2D eigenvalue weighted by molar-refractivity contribution is -0.137. The molecular weight excluding hydrogens is 483 g/mol. The molecule has 5 rings (SSSR count). The van der Waals surface area contributed by atoms with Gasteiger partial charge in [0.15, 0.2) is 5.96 Å². The Kier molecular flexibility index (Phi) is 6.71. The number of H-pyrrole nitrogens is 1. The molecule has 0 atom stereocenters. The minimum Gasteiger partial charge on any atom is -0.355 e. The number of hydrogen-bond acceptors (Lipinski definition) is 8. The van der Waals surface area contributed by atoms with Gasteiger partial charge in [-0.1, -0.05) is 6.07 Å².